The molecule has 0 atom stereocenters. The smallest absolute Gasteiger partial charge is 0.237 e. The highest BCUT2D eigenvalue weighted by Crippen LogP contribution is 2.31. The van der Waals surface area contributed by atoms with Crippen molar-refractivity contribution in [3.05, 3.63) is 29.8 Å². The van der Waals surface area contributed by atoms with Crippen LogP contribution in [0.1, 0.15) is 38.2 Å². The monoisotopic (exact) mass is 359 g/mol. The van der Waals surface area contributed by atoms with Crippen molar-refractivity contribution >= 4 is 11.8 Å². The van der Waals surface area contributed by atoms with Crippen LogP contribution in [0, 0.1) is 5.92 Å². The number of amides is 2. The van der Waals surface area contributed by atoms with Crippen LogP contribution in [-0.4, -0.2) is 53.9 Å². The Labute approximate surface area is 155 Å². The molecule has 1 saturated heterocycles. The second-order valence-corrected chi connectivity index (χ2v) is 7.25. The van der Waals surface area contributed by atoms with E-state index < -0.39 is 0 Å². The largest absolute Gasteiger partial charge is 0.494 e. The van der Waals surface area contributed by atoms with Crippen molar-refractivity contribution in [2.24, 2.45) is 11.7 Å². The molecule has 2 aliphatic rings. The zero-order chi connectivity index (χ0) is 18.5. The molecule has 0 spiro atoms. The predicted octanol–water partition coefficient (Wildman–Crippen LogP) is 1.77. The molecule has 0 bridgehead atoms. The first kappa shape index (κ1) is 18.7. The van der Waals surface area contributed by atoms with E-state index >= 15 is 0 Å². The van der Waals surface area contributed by atoms with Gasteiger partial charge in [-0.1, -0.05) is 18.2 Å². The van der Waals surface area contributed by atoms with E-state index in [1.54, 1.807) is 0 Å². The van der Waals surface area contributed by atoms with Crippen LogP contribution < -0.4 is 10.5 Å². The molecular formula is C20H29N3O3. The number of carbonyl (C=O) groups is 2. The van der Waals surface area contributed by atoms with Crippen molar-refractivity contribution in [3.8, 4) is 5.75 Å². The molecular weight excluding hydrogens is 330 g/mol. The van der Waals surface area contributed by atoms with Gasteiger partial charge >= 0.3 is 0 Å². The highest BCUT2D eigenvalue weighted by Gasteiger charge is 2.34. The van der Waals surface area contributed by atoms with E-state index in [9.17, 15) is 9.59 Å². The lowest BCUT2D eigenvalue weighted by Gasteiger charge is -2.32. The molecule has 2 amide bonds. The van der Waals surface area contributed by atoms with Crippen molar-refractivity contribution in [2.75, 3.05) is 26.2 Å². The lowest BCUT2D eigenvalue weighted by molar-refractivity contribution is -0.134. The van der Waals surface area contributed by atoms with E-state index in [0.717, 1.165) is 50.1 Å². The van der Waals surface area contributed by atoms with E-state index in [0.29, 0.717) is 25.7 Å². The third kappa shape index (κ3) is 4.75. The van der Waals surface area contributed by atoms with E-state index in [2.05, 4.69) is 4.90 Å². The van der Waals surface area contributed by atoms with Gasteiger partial charge in [-0.3, -0.25) is 14.5 Å². The second kappa shape index (κ2) is 8.54. The molecule has 142 valence electrons. The number of ether oxygens (including phenoxy) is 1. The summed E-state index contributed by atoms with van der Waals surface area (Å²) in [5, 5.41) is 0. The van der Waals surface area contributed by atoms with Crippen LogP contribution in [0.3, 0.4) is 0 Å². The van der Waals surface area contributed by atoms with Crippen LogP contribution >= 0.6 is 0 Å². The second-order valence-electron chi connectivity index (χ2n) is 7.25. The standard InChI is InChI=1S/C20H29N3O3/c1-2-26-18-6-4-3-5-16(18)13-23(17-7-8-17)19(24)14-22-11-9-15(10-12-22)20(21)25/h3-6,15,17H,2,7-14H2,1H3,(H2,21,25). The van der Waals surface area contributed by atoms with Crippen LogP contribution in [-0.2, 0) is 16.1 Å². The summed E-state index contributed by atoms with van der Waals surface area (Å²) in [5.74, 6) is 0.758. The van der Waals surface area contributed by atoms with Gasteiger partial charge in [0.15, 0.2) is 0 Å². The summed E-state index contributed by atoms with van der Waals surface area (Å²) in [6, 6.07) is 8.29. The van der Waals surface area contributed by atoms with Gasteiger partial charge in [0.1, 0.15) is 5.75 Å². The van der Waals surface area contributed by atoms with E-state index in [4.69, 9.17) is 10.5 Å². The maximum atomic E-state index is 12.9. The Morgan fingerprint density at radius 1 is 1.19 bits per heavy atom. The van der Waals surface area contributed by atoms with Crippen molar-refractivity contribution < 1.29 is 14.3 Å². The van der Waals surface area contributed by atoms with Gasteiger partial charge in [0.2, 0.25) is 11.8 Å². The van der Waals surface area contributed by atoms with Gasteiger partial charge in [0.25, 0.3) is 0 Å². The summed E-state index contributed by atoms with van der Waals surface area (Å²) in [4.78, 5) is 28.4. The summed E-state index contributed by atoms with van der Waals surface area (Å²) in [6.45, 7) is 5.11. The Bertz CT molecular complexity index is 637. The molecule has 1 saturated carbocycles. The minimum absolute atomic E-state index is 0.0426. The first-order valence-electron chi connectivity index (χ1n) is 9.60. The number of likely N-dealkylation sites (tertiary alicyclic amines) is 1. The van der Waals surface area contributed by atoms with Gasteiger partial charge in [0, 0.05) is 24.1 Å². The van der Waals surface area contributed by atoms with Crippen LogP contribution in [0.15, 0.2) is 24.3 Å². The van der Waals surface area contributed by atoms with Crippen molar-refractivity contribution in [1.29, 1.82) is 0 Å². The van der Waals surface area contributed by atoms with Crippen LogP contribution in [0.25, 0.3) is 0 Å². The maximum absolute atomic E-state index is 12.9. The molecule has 6 heteroatoms. The first-order chi connectivity index (χ1) is 12.6. The molecule has 0 radical (unpaired) electrons. The van der Waals surface area contributed by atoms with Gasteiger partial charge in [-0.2, -0.15) is 0 Å². The fraction of sp³-hybridized carbons (Fsp3) is 0.600. The van der Waals surface area contributed by atoms with Crippen LogP contribution in [0.4, 0.5) is 0 Å². The lowest BCUT2D eigenvalue weighted by atomic mass is 9.96. The molecule has 1 aliphatic carbocycles. The predicted molar refractivity (Wildman–Crippen MR) is 99.5 cm³/mol. The number of para-hydroxylation sites is 1. The summed E-state index contributed by atoms with van der Waals surface area (Å²) >= 11 is 0. The third-order valence-corrected chi connectivity index (χ3v) is 5.27. The number of rotatable bonds is 8. The van der Waals surface area contributed by atoms with Gasteiger partial charge in [-0.15, -0.1) is 0 Å². The fourth-order valence-electron chi connectivity index (χ4n) is 3.58. The van der Waals surface area contributed by atoms with Gasteiger partial charge in [0.05, 0.1) is 13.2 Å². The van der Waals surface area contributed by atoms with Gasteiger partial charge in [-0.05, 0) is 51.8 Å². The Morgan fingerprint density at radius 3 is 2.50 bits per heavy atom. The van der Waals surface area contributed by atoms with E-state index in [1.165, 1.54) is 0 Å². The van der Waals surface area contributed by atoms with Gasteiger partial charge in [-0.25, -0.2) is 0 Å². The van der Waals surface area contributed by atoms with Crippen LogP contribution in [0.2, 0.25) is 0 Å². The molecule has 26 heavy (non-hydrogen) atoms. The highest BCUT2D eigenvalue weighted by atomic mass is 16.5. The zero-order valence-electron chi connectivity index (χ0n) is 15.5. The number of primary amides is 1. The number of nitrogens with zero attached hydrogens (tertiary/aromatic N) is 2. The van der Waals surface area contributed by atoms with Gasteiger partial charge < -0.3 is 15.4 Å². The zero-order valence-corrected chi connectivity index (χ0v) is 15.5. The molecule has 6 nitrogen and oxygen atoms in total. The van der Waals surface area contributed by atoms with Crippen molar-refractivity contribution in [3.63, 3.8) is 0 Å². The molecule has 2 N–H and O–H groups in total. The summed E-state index contributed by atoms with van der Waals surface area (Å²) in [5.41, 5.74) is 6.45. The minimum Gasteiger partial charge on any atom is -0.494 e. The van der Waals surface area contributed by atoms with E-state index in [1.807, 2.05) is 36.1 Å². The Hall–Kier alpha value is -2.08. The average Bonchev–Trinajstić information content (AvgIpc) is 3.46. The molecule has 1 heterocycles. The average molecular weight is 359 g/mol. The number of hydrogen-bond acceptors (Lipinski definition) is 4. The number of nitrogens with two attached hydrogens (primary N) is 1. The molecule has 2 fully saturated rings. The molecule has 1 aliphatic heterocycles. The summed E-state index contributed by atoms with van der Waals surface area (Å²) < 4.78 is 5.71. The number of carbonyl (C=O) groups excluding carboxylic acids is 2. The molecule has 1 aromatic carbocycles. The Morgan fingerprint density at radius 2 is 1.88 bits per heavy atom. The molecule has 0 unspecified atom stereocenters. The summed E-state index contributed by atoms with van der Waals surface area (Å²) in [6.07, 6.45) is 3.65. The third-order valence-electron chi connectivity index (χ3n) is 5.27. The lowest BCUT2D eigenvalue weighted by Crippen LogP contribution is -2.45. The molecule has 0 aromatic heterocycles. The SMILES string of the molecule is CCOc1ccccc1CN(C(=O)CN1CCC(C(N)=O)CC1)C1CC1. The quantitative estimate of drug-likeness (QED) is 0.768. The van der Waals surface area contributed by atoms with Crippen molar-refractivity contribution in [2.45, 2.75) is 45.2 Å². The minimum atomic E-state index is -0.219. The number of hydrogen-bond donors (Lipinski definition) is 1. The van der Waals surface area contributed by atoms with Crippen molar-refractivity contribution in [1.82, 2.24) is 9.80 Å². The van der Waals surface area contributed by atoms with Crippen LogP contribution in [0.5, 0.6) is 5.75 Å². The topological polar surface area (TPSA) is 75.9 Å². The maximum Gasteiger partial charge on any atom is 0.237 e. The number of benzene rings is 1. The first-order valence-corrected chi connectivity index (χ1v) is 9.60. The molecule has 1 aromatic rings. The fourth-order valence-corrected chi connectivity index (χ4v) is 3.58. The normalized spacial score (nSPS) is 18.5. The van der Waals surface area contributed by atoms with E-state index in [-0.39, 0.29) is 17.7 Å². The number of piperidine rings is 1. The highest BCUT2D eigenvalue weighted by molar-refractivity contribution is 5.79. The molecule has 3 rings (SSSR count). The Balaban J connectivity index is 1.60. The summed E-state index contributed by atoms with van der Waals surface area (Å²) in [7, 11) is 0. The Kier molecular flexibility index (Phi) is 6.14.